The fourth-order valence-corrected chi connectivity index (χ4v) is 4.09. The molecule has 1 heterocycles. The zero-order valence-electron chi connectivity index (χ0n) is 18.3. The quantitative estimate of drug-likeness (QED) is 0.437. The molecule has 0 saturated carbocycles. The molecule has 1 aliphatic heterocycles. The predicted molar refractivity (Wildman–Crippen MR) is 127 cm³/mol. The highest BCUT2D eigenvalue weighted by Crippen LogP contribution is 2.30. The number of ether oxygens (including phenoxy) is 4. The van der Waals surface area contributed by atoms with Crippen LogP contribution >= 0.6 is 11.6 Å². The van der Waals surface area contributed by atoms with Crippen LogP contribution < -0.4 is 0 Å². The molecule has 0 amide bonds. The number of benzene rings is 3. The average Bonchev–Trinajstić information content (AvgIpc) is 2.86. The maximum atomic E-state index is 10.5. The van der Waals surface area contributed by atoms with Crippen molar-refractivity contribution in [2.24, 2.45) is 0 Å². The van der Waals surface area contributed by atoms with Crippen LogP contribution in [-0.2, 0) is 38.8 Å². The average molecular weight is 469 g/mol. The normalized spacial score (nSPS) is 25.1. The molecule has 0 bridgehead atoms. The third kappa shape index (κ3) is 6.87. The van der Waals surface area contributed by atoms with Crippen molar-refractivity contribution in [1.29, 1.82) is 0 Å². The van der Waals surface area contributed by atoms with Crippen LogP contribution in [0.15, 0.2) is 91.0 Å². The minimum absolute atomic E-state index is 0.236. The standard InChI is InChI=1S/C27H29ClO5/c28-24-26(32-18-22-14-8-3-9-15-22)25(31-17-21-12-6-2-7-13-21)23(33-27(24)29)19-30-16-20-10-4-1-5-11-20/h1-15,23-27,29H,16-19H2/t23-,24-,25+,26-,27-/m1/s1. The van der Waals surface area contributed by atoms with Crippen molar-refractivity contribution in [3.05, 3.63) is 108 Å². The van der Waals surface area contributed by atoms with Crippen molar-refractivity contribution in [2.45, 2.75) is 49.8 Å². The summed E-state index contributed by atoms with van der Waals surface area (Å²) in [6.07, 6.45) is -2.82. The van der Waals surface area contributed by atoms with Crippen molar-refractivity contribution in [2.75, 3.05) is 6.61 Å². The van der Waals surface area contributed by atoms with E-state index in [4.69, 9.17) is 30.5 Å². The molecular formula is C27H29ClO5. The summed E-state index contributed by atoms with van der Waals surface area (Å²) >= 11 is 6.55. The molecule has 1 N–H and O–H groups in total. The van der Waals surface area contributed by atoms with Crippen molar-refractivity contribution in [3.63, 3.8) is 0 Å². The van der Waals surface area contributed by atoms with Crippen LogP contribution in [0.2, 0.25) is 0 Å². The first-order chi connectivity index (χ1) is 16.2. The Kier molecular flexibility index (Phi) is 8.89. The molecule has 1 fully saturated rings. The van der Waals surface area contributed by atoms with Gasteiger partial charge in [0.25, 0.3) is 0 Å². The first-order valence-electron chi connectivity index (χ1n) is 11.1. The molecule has 5 nitrogen and oxygen atoms in total. The van der Waals surface area contributed by atoms with Crippen LogP contribution in [0.5, 0.6) is 0 Å². The van der Waals surface area contributed by atoms with E-state index in [1.165, 1.54) is 0 Å². The van der Waals surface area contributed by atoms with Crippen LogP contribution in [0.1, 0.15) is 16.7 Å². The third-order valence-corrected chi connectivity index (χ3v) is 6.02. The Balaban J connectivity index is 1.46. The van der Waals surface area contributed by atoms with Crippen molar-refractivity contribution >= 4 is 11.6 Å². The Bertz CT molecular complexity index is 941. The van der Waals surface area contributed by atoms with E-state index in [-0.39, 0.29) is 6.61 Å². The van der Waals surface area contributed by atoms with Gasteiger partial charge < -0.3 is 24.1 Å². The van der Waals surface area contributed by atoms with Crippen LogP contribution in [0.4, 0.5) is 0 Å². The molecule has 0 radical (unpaired) electrons. The molecule has 174 valence electrons. The molecular weight excluding hydrogens is 440 g/mol. The Hall–Kier alpha value is -2.25. The summed E-state index contributed by atoms with van der Waals surface area (Å²) in [7, 11) is 0. The van der Waals surface area contributed by atoms with E-state index in [0.29, 0.717) is 19.8 Å². The van der Waals surface area contributed by atoms with Crippen LogP contribution in [0.3, 0.4) is 0 Å². The largest absolute Gasteiger partial charge is 0.374 e. The van der Waals surface area contributed by atoms with Crippen LogP contribution in [-0.4, -0.2) is 41.7 Å². The van der Waals surface area contributed by atoms with Crippen molar-refractivity contribution < 1.29 is 24.1 Å². The number of hydrogen-bond acceptors (Lipinski definition) is 5. The van der Waals surface area contributed by atoms with Gasteiger partial charge in [0, 0.05) is 0 Å². The van der Waals surface area contributed by atoms with Crippen molar-refractivity contribution in [1.82, 2.24) is 0 Å². The number of rotatable bonds is 10. The minimum Gasteiger partial charge on any atom is -0.374 e. The summed E-state index contributed by atoms with van der Waals surface area (Å²) in [6.45, 7) is 1.39. The molecule has 0 unspecified atom stereocenters. The Morgan fingerprint density at radius 2 is 1.12 bits per heavy atom. The molecule has 6 heteroatoms. The van der Waals surface area contributed by atoms with Crippen LogP contribution in [0, 0.1) is 0 Å². The van der Waals surface area contributed by atoms with Gasteiger partial charge in [-0.25, -0.2) is 0 Å². The molecule has 0 aliphatic carbocycles. The highest BCUT2D eigenvalue weighted by atomic mass is 35.5. The lowest BCUT2D eigenvalue weighted by Gasteiger charge is -2.42. The van der Waals surface area contributed by atoms with E-state index in [1.807, 2.05) is 91.0 Å². The zero-order valence-corrected chi connectivity index (χ0v) is 19.1. The molecule has 0 aromatic heterocycles. The van der Waals surface area contributed by atoms with Gasteiger partial charge in [-0.15, -0.1) is 11.6 Å². The van der Waals surface area contributed by atoms with Gasteiger partial charge >= 0.3 is 0 Å². The van der Waals surface area contributed by atoms with E-state index in [9.17, 15) is 5.11 Å². The Labute approximate surface area is 199 Å². The summed E-state index contributed by atoms with van der Waals surface area (Å²) in [5.41, 5.74) is 3.10. The molecule has 33 heavy (non-hydrogen) atoms. The molecule has 0 spiro atoms. The summed E-state index contributed by atoms with van der Waals surface area (Å²) in [5, 5.41) is 9.71. The Morgan fingerprint density at radius 1 is 0.667 bits per heavy atom. The van der Waals surface area contributed by atoms with Gasteiger partial charge in [0.1, 0.15) is 23.7 Å². The van der Waals surface area contributed by atoms with Gasteiger partial charge in [-0.05, 0) is 16.7 Å². The third-order valence-electron chi connectivity index (χ3n) is 5.55. The highest BCUT2D eigenvalue weighted by molar-refractivity contribution is 6.21. The van der Waals surface area contributed by atoms with Gasteiger partial charge in [0.2, 0.25) is 0 Å². The number of alkyl halides is 1. The monoisotopic (exact) mass is 468 g/mol. The molecule has 5 atom stereocenters. The minimum atomic E-state index is -1.19. The molecule has 1 aliphatic rings. The molecule has 1 saturated heterocycles. The van der Waals surface area contributed by atoms with Gasteiger partial charge in [-0.1, -0.05) is 91.0 Å². The lowest BCUT2D eigenvalue weighted by molar-refractivity contribution is -0.262. The van der Waals surface area contributed by atoms with E-state index in [0.717, 1.165) is 16.7 Å². The zero-order chi connectivity index (χ0) is 22.9. The number of halogens is 1. The van der Waals surface area contributed by atoms with Gasteiger partial charge in [-0.3, -0.25) is 0 Å². The maximum absolute atomic E-state index is 10.5. The first-order valence-corrected chi connectivity index (χ1v) is 11.5. The topological polar surface area (TPSA) is 57.2 Å². The lowest BCUT2D eigenvalue weighted by atomic mass is 10.0. The van der Waals surface area contributed by atoms with Crippen LogP contribution in [0.25, 0.3) is 0 Å². The SMILES string of the molecule is O[C@@H]1O[C@H](COCc2ccccc2)[C@H](OCc2ccccc2)[C@H](OCc2ccccc2)[C@H]1Cl. The van der Waals surface area contributed by atoms with Crippen molar-refractivity contribution in [3.8, 4) is 0 Å². The van der Waals surface area contributed by atoms with Gasteiger partial charge in [0.05, 0.1) is 26.4 Å². The Morgan fingerprint density at radius 3 is 1.64 bits per heavy atom. The fourth-order valence-electron chi connectivity index (χ4n) is 3.81. The molecule has 3 aromatic rings. The summed E-state index contributed by atoms with van der Waals surface area (Å²) in [6, 6.07) is 29.6. The summed E-state index contributed by atoms with van der Waals surface area (Å²) in [5.74, 6) is 0. The summed E-state index contributed by atoms with van der Waals surface area (Å²) < 4.78 is 24.2. The first kappa shape index (κ1) is 23.9. The molecule has 4 rings (SSSR count). The number of aliphatic hydroxyl groups is 1. The second-order valence-electron chi connectivity index (χ2n) is 8.03. The maximum Gasteiger partial charge on any atom is 0.174 e. The number of aliphatic hydroxyl groups excluding tert-OH is 1. The smallest absolute Gasteiger partial charge is 0.174 e. The second-order valence-corrected chi connectivity index (χ2v) is 8.54. The van der Waals surface area contributed by atoms with Gasteiger partial charge in [0.15, 0.2) is 6.29 Å². The highest BCUT2D eigenvalue weighted by Gasteiger charge is 2.46. The van der Waals surface area contributed by atoms with E-state index in [2.05, 4.69) is 0 Å². The van der Waals surface area contributed by atoms with E-state index >= 15 is 0 Å². The lowest BCUT2D eigenvalue weighted by Crippen LogP contribution is -2.58. The second kappa shape index (κ2) is 12.3. The molecule has 3 aromatic carbocycles. The fraction of sp³-hybridized carbons (Fsp3) is 0.333. The summed E-state index contributed by atoms with van der Waals surface area (Å²) in [4.78, 5) is 0. The van der Waals surface area contributed by atoms with E-state index in [1.54, 1.807) is 0 Å². The van der Waals surface area contributed by atoms with E-state index < -0.39 is 30.0 Å². The predicted octanol–water partition coefficient (Wildman–Crippen LogP) is 4.70. The van der Waals surface area contributed by atoms with Gasteiger partial charge in [-0.2, -0.15) is 0 Å². The number of hydrogen-bond donors (Lipinski definition) is 1.